The third kappa shape index (κ3) is 2.88. The van der Waals surface area contributed by atoms with Crippen LogP contribution in [0.3, 0.4) is 0 Å². The molecule has 0 spiro atoms. The summed E-state index contributed by atoms with van der Waals surface area (Å²) in [5.41, 5.74) is 1.06. The van der Waals surface area contributed by atoms with E-state index in [1.165, 1.54) is 19.3 Å². The van der Waals surface area contributed by atoms with E-state index in [9.17, 15) is 0 Å². The molecule has 1 fully saturated rings. The lowest BCUT2D eigenvalue weighted by Crippen LogP contribution is -2.29. The van der Waals surface area contributed by atoms with Gasteiger partial charge in [0.15, 0.2) is 0 Å². The Kier molecular flexibility index (Phi) is 4.20. The molecule has 2 heterocycles. The van der Waals surface area contributed by atoms with Gasteiger partial charge in [0.05, 0.1) is 19.8 Å². The van der Waals surface area contributed by atoms with E-state index in [4.69, 9.17) is 9.47 Å². The van der Waals surface area contributed by atoms with Crippen LogP contribution < -0.4 is 9.47 Å². The van der Waals surface area contributed by atoms with Crippen molar-refractivity contribution in [3.8, 4) is 11.6 Å². The summed E-state index contributed by atoms with van der Waals surface area (Å²) in [4.78, 5) is 6.68. The zero-order chi connectivity index (χ0) is 12.1. The van der Waals surface area contributed by atoms with Crippen LogP contribution >= 0.6 is 0 Å². The zero-order valence-electron chi connectivity index (χ0n) is 10.6. The lowest BCUT2D eigenvalue weighted by Gasteiger charge is -2.27. The van der Waals surface area contributed by atoms with Gasteiger partial charge in [-0.2, -0.15) is 0 Å². The molecule has 1 aromatic heterocycles. The Labute approximate surface area is 103 Å². The highest BCUT2D eigenvalue weighted by Gasteiger charge is 2.17. The van der Waals surface area contributed by atoms with Crippen molar-refractivity contribution in [1.29, 1.82) is 0 Å². The van der Waals surface area contributed by atoms with Gasteiger partial charge in [-0.3, -0.25) is 4.90 Å². The monoisotopic (exact) mass is 236 g/mol. The Morgan fingerprint density at radius 1 is 1.18 bits per heavy atom. The number of ether oxygens (including phenoxy) is 2. The van der Waals surface area contributed by atoms with E-state index >= 15 is 0 Å². The maximum absolute atomic E-state index is 5.38. The molecule has 0 aliphatic carbocycles. The normalized spacial score (nSPS) is 16.8. The van der Waals surface area contributed by atoms with Crippen molar-refractivity contribution in [2.75, 3.05) is 27.3 Å². The van der Waals surface area contributed by atoms with Crippen LogP contribution in [-0.2, 0) is 6.54 Å². The molecule has 0 amide bonds. The highest BCUT2D eigenvalue weighted by Crippen LogP contribution is 2.28. The number of pyridine rings is 1. The van der Waals surface area contributed by atoms with Gasteiger partial charge in [-0.1, -0.05) is 6.42 Å². The van der Waals surface area contributed by atoms with Gasteiger partial charge < -0.3 is 9.47 Å². The van der Waals surface area contributed by atoms with E-state index in [1.54, 1.807) is 20.4 Å². The second-order valence-corrected chi connectivity index (χ2v) is 4.34. The van der Waals surface area contributed by atoms with Crippen molar-refractivity contribution in [2.45, 2.75) is 25.8 Å². The first kappa shape index (κ1) is 12.2. The summed E-state index contributed by atoms with van der Waals surface area (Å²) >= 11 is 0. The summed E-state index contributed by atoms with van der Waals surface area (Å²) in [6.07, 6.45) is 5.63. The van der Waals surface area contributed by atoms with E-state index < -0.39 is 0 Å². The number of hydrogen-bond donors (Lipinski definition) is 0. The second kappa shape index (κ2) is 5.87. The van der Waals surface area contributed by atoms with Crippen molar-refractivity contribution < 1.29 is 9.47 Å². The average molecular weight is 236 g/mol. The van der Waals surface area contributed by atoms with E-state index in [-0.39, 0.29) is 0 Å². The van der Waals surface area contributed by atoms with Crippen LogP contribution in [0.25, 0.3) is 0 Å². The molecule has 0 N–H and O–H groups in total. The average Bonchev–Trinajstić information content (AvgIpc) is 2.40. The van der Waals surface area contributed by atoms with E-state index in [0.29, 0.717) is 5.88 Å². The van der Waals surface area contributed by atoms with Gasteiger partial charge in [-0.25, -0.2) is 4.98 Å². The summed E-state index contributed by atoms with van der Waals surface area (Å²) in [7, 11) is 3.34. The third-order valence-corrected chi connectivity index (χ3v) is 3.22. The number of nitrogens with zero attached hydrogens (tertiary/aromatic N) is 2. The number of methoxy groups -OCH3 is 2. The Morgan fingerprint density at radius 2 is 1.94 bits per heavy atom. The summed E-state index contributed by atoms with van der Waals surface area (Å²) in [5.74, 6) is 1.54. The van der Waals surface area contributed by atoms with E-state index in [2.05, 4.69) is 9.88 Å². The molecule has 4 nitrogen and oxygen atoms in total. The molecule has 0 aromatic carbocycles. The molecular weight excluding hydrogens is 216 g/mol. The summed E-state index contributed by atoms with van der Waals surface area (Å²) in [6.45, 7) is 3.17. The topological polar surface area (TPSA) is 34.6 Å². The van der Waals surface area contributed by atoms with Crippen LogP contribution in [-0.4, -0.2) is 37.2 Å². The number of likely N-dealkylation sites (tertiary alicyclic amines) is 1. The standard InChI is InChI=1S/C13H20N2O2/c1-16-12-6-7-14-13(17-2)11(12)10-15-8-4-3-5-9-15/h6-7H,3-5,8-10H2,1-2H3. The van der Waals surface area contributed by atoms with E-state index in [1.807, 2.05) is 6.07 Å². The van der Waals surface area contributed by atoms with Crippen LogP contribution in [0.4, 0.5) is 0 Å². The fourth-order valence-electron chi connectivity index (χ4n) is 2.31. The Balaban J connectivity index is 2.16. The highest BCUT2D eigenvalue weighted by atomic mass is 16.5. The number of rotatable bonds is 4. The number of hydrogen-bond acceptors (Lipinski definition) is 4. The van der Waals surface area contributed by atoms with Crippen molar-refractivity contribution >= 4 is 0 Å². The van der Waals surface area contributed by atoms with Gasteiger partial charge in [-0.15, -0.1) is 0 Å². The molecule has 2 rings (SSSR count). The maximum atomic E-state index is 5.38. The minimum absolute atomic E-state index is 0.676. The minimum Gasteiger partial charge on any atom is -0.496 e. The minimum atomic E-state index is 0.676. The lowest BCUT2D eigenvalue weighted by atomic mass is 10.1. The quantitative estimate of drug-likeness (QED) is 0.801. The molecule has 94 valence electrons. The molecule has 1 aliphatic heterocycles. The molecule has 4 heteroatoms. The highest BCUT2D eigenvalue weighted by molar-refractivity contribution is 5.39. The zero-order valence-corrected chi connectivity index (χ0v) is 10.6. The fraction of sp³-hybridized carbons (Fsp3) is 0.615. The molecule has 1 saturated heterocycles. The first-order valence-corrected chi connectivity index (χ1v) is 6.13. The van der Waals surface area contributed by atoms with Crippen LogP contribution in [0.2, 0.25) is 0 Å². The molecule has 0 bridgehead atoms. The summed E-state index contributed by atoms with van der Waals surface area (Å²) in [6, 6.07) is 1.89. The lowest BCUT2D eigenvalue weighted by molar-refractivity contribution is 0.214. The van der Waals surface area contributed by atoms with Crippen LogP contribution in [0.15, 0.2) is 12.3 Å². The fourth-order valence-corrected chi connectivity index (χ4v) is 2.31. The maximum Gasteiger partial charge on any atom is 0.221 e. The Morgan fingerprint density at radius 3 is 2.59 bits per heavy atom. The van der Waals surface area contributed by atoms with Crippen molar-refractivity contribution in [2.24, 2.45) is 0 Å². The second-order valence-electron chi connectivity index (χ2n) is 4.34. The predicted octanol–water partition coefficient (Wildman–Crippen LogP) is 2.08. The largest absolute Gasteiger partial charge is 0.496 e. The molecule has 0 saturated carbocycles. The third-order valence-electron chi connectivity index (χ3n) is 3.22. The van der Waals surface area contributed by atoms with Gasteiger partial charge in [-0.05, 0) is 32.0 Å². The molecule has 17 heavy (non-hydrogen) atoms. The number of piperidine rings is 1. The molecule has 1 aromatic rings. The summed E-state index contributed by atoms with van der Waals surface area (Å²) < 4.78 is 10.7. The van der Waals surface area contributed by atoms with Crippen molar-refractivity contribution in [3.05, 3.63) is 17.8 Å². The Bertz CT molecular complexity index is 340. The Hall–Kier alpha value is -1.29. The van der Waals surface area contributed by atoms with Crippen LogP contribution in [0.5, 0.6) is 11.6 Å². The van der Waals surface area contributed by atoms with Gasteiger partial charge in [0.1, 0.15) is 5.75 Å². The van der Waals surface area contributed by atoms with Crippen LogP contribution in [0, 0.1) is 0 Å². The van der Waals surface area contributed by atoms with Gasteiger partial charge in [0.2, 0.25) is 5.88 Å². The molecular formula is C13H20N2O2. The van der Waals surface area contributed by atoms with Gasteiger partial charge in [0.25, 0.3) is 0 Å². The first-order chi connectivity index (χ1) is 8.35. The van der Waals surface area contributed by atoms with Crippen molar-refractivity contribution in [3.63, 3.8) is 0 Å². The van der Waals surface area contributed by atoms with Gasteiger partial charge >= 0.3 is 0 Å². The first-order valence-electron chi connectivity index (χ1n) is 6.13. The number of aromatic nitrogens is 1. The van der Waals surface area contributed by atoms with Gasteiger partial charge in [0, 0.05) is 12.7 Å². The summed E-state index contributed by atoms with van der Waals surface area (Å²) in [5, 5.41) is 0. The molecule has 1 aliphatic rings. The van der Waals surface area contributed by atoms with E-state index in [0.717, 1.165) is 30.9 Å². The molecule has 0 unspecified atom stereocenters. The SMILES string of the molecule is COc1ccnc(OC)c1CN1CCCCC1. The predicted molar refractivity (Wildman–Crippen MR) is 66.5 cm³/mol. The molecule has 0 radical (unpaired) electrons. The molecule has 0 atom stereocenters. The van der Waals surface area contributed by atoms with Crippen LogP contribution in [0.1, 0.15) is 24.8 Å². The smallest absolute Gasteiger partial charge is 0.221 e. The van der Waals surface area contributed by atoms with Crippen molar-refractivity contribution in [1.82, 2.24) is 9.88 Å².